The highest BCUT2D eigenvalue weighted by molar-refractivity contribution is 6.11. The van der Waals surface area contributed by atoms with Gasteiger partial charge < -0.3 is 9.47 Å². The number of nitrogens with zero attached hydrogens (tertiary/aromatic N) is 1. The van der Waals surface area contributed by atoms with Crippen LogP contribution in [-0.2, 0) is 6.42 Å². The van der Waals surface area contributed by atoms with Gasteiger partial charge in [-0.2, -0.15) is 0 Å². The molecule has 0 aliphatic carbocycles. The second-order valence-electron chi connectivity index (χ2n) is 8.86. The average molecular weight is 464 g/mol. The van der Waals surface area contributed by atoms with Gasteiger partial charge in [-0.05, 0) is 54.7 Å². The van der Waals surface area contributed by atoms with Crippen molar-refractivity contribution in [2.24, 2.45) is 0 Å². The van der Waals surface area contributed by atoms with Crippen LogP contribution in [0, 0.1) is 0 Å². The van der Waals surface area contributed by atoms with Crippen LogP contribution in [-0.4, -0.2) is 19.1 Å². The van der Waals surface area contributed by atoms with Gasteiger partial charge in [-0.1, -0.05) is 78.9 Å². The van der Waals surface area contributed by atoms with Crippen molar-refractivity contribution in [2.75, 3.05) is 12.0 Å². The van der Waals surface area contributed by atoms with Crippen molar-refractivity contribution in [1.29, 1.82) is 0 Å². The number of hydrogen-bond acceptors (Lipinski definition) is 3. The van der Waals surface area contributed by atoms with E-state index in [2.05, 4.69) is 43.3 Å². The molecule has 2 unspecified atom stereocenters. The van der Waals surface area contributed by atoms with Gasteiger partial charge >= 0.3 is 0 Å². The highest BCUT2D eigenvalue weighted by atomic mass is 16.5. The topological polar surface area (TPSA) is 38.8 Å². The number of fused-ring (bicyclic) bond motifs is 1. The monoisotopic (exact) mass is 463 g/mol. The number of carbonyl (C=O) groups excluding carboxylic acids is 1. The van der Waals surface area contributed by atoms with Crippen LogP contribution in [0.5, 0.6) is 11.5 Å². The van der Waals surface area contributed by atoms with Gasteiger partial charge in [-0.25, -0.2) is 0 Å². The number of benzene rings is 4. The summed E-state index contributed by atoms with van der Waals surface area (Å²) in [4.78, 5) is 15.4. The first-order valence-electron chi connectivity index (χ1n) is 12.0. The molecule has 0 fully saturated rings. The van der Waals surface area contributed by atoms with Gasteiger partial charge in [-0.3, -0.25) is 9.69 Å². The van der Waals surface area contributed by atoms with Gasteiger partial charge in [0.1, 0.15) is 0 Å². The van der Waals surface area contributed by atoms with Crippen molar-refractivity contribution < 1.29 is 14.3 Å². The van der Waals surface area contributed by atoms with Gasteiger partial charge in [-0.15, -0.1) is 0 Å². The van der Waals surface area contributed by atoms with Crippen molar-refractivity contribution in [3.05, 3.63) is 125 Å². The average Bonchev–Trinajstić information content (AvgIpc) is 3.21. The maximum absolute atomic E-state index is 13.6. The Morgan fingerprint density at radius 3 is 2.26 bits per heavy atom. The Balaban J connectivity index is 1.45. The highest BCUT2D eigenvalue weighted by Gasteiger charge is 2.38. The van der Waals surface area contributed by atoms with Crippen molar-refractivity contribution in [2.45, 2.75) is 31.9 Å². The maximum Gasteiger partial charge on any atom is 0.259 e. The van der Waals surface area contributed by atoms with E-state index >= 15 is 0 Å². The Labute approximate surface area is 206 Å². The Morgan fingerprint density at radius 1 is 0.829 bits per heavy atom. The number of aryl methyl sites for hydroxylation is 1. The lowest BCUT2D eigenvalue weighted by atomic mass is 9.98. The summed E-state index contributed by atoms with van der Waals surface area (Å²) in [6.07, 6.45) is 1.79. The molecule has 0 radical (unpaired) electrons. The van der Waals surface area contributed by atoms with Crippen molar-refractivity contribution >= 4 is 11.6 Å². The van der Waals surface area contributed by atoms with Crippen LogP contribution in [0.4, 0.5) is 5.69 Å². The molecule has 2 atom stereocenters. The van der Waals surface area contributed by atoms with E-state index in [1.165, 1.54) is 5.56 Å². The molecule has 1 aliphatic heterocycles. The lowest BCUT2D eigenvalue weighted by Gasteiger charge is -2.27. The fourth-order valence-corrected chi connectivity index (χ4v) is 4.74. The Kier molecular flexibility index (Phi) is 6.53. The third-order valence-electron chi connectivity index (χ3n) is 6.51. The second kappa shape index (κ2) is 10.1. The molecule has 35 heavy (non-hydrogen) atoms. The van der Waals surface area contributed by atoms with Gasteiger partial charge in [0.05, 0.1) is 19.3 Å². The minimum Gasteiger partial charge on any atom is -0.493 e. The van der Waals surface area contributed by atoms with E-state index < -0.39 is 0 Å². The zero-order valence-corrected chi connectivity index (χ0v) is 20.1. The van der Waals surface area contributed by atoms with Crippen molar-refractivity contribution in [3.63, 3.8) is 0 Å². The number of anilines is 1. The molecule has 0 bridgehead atoms. The molecule has 1 aliphatic rings. The predicted molar refractivity (Wildman–Crippen MR) is 139 cm³/mol. The van der Waals surface area contributed by atoms with Crippen LogP contribution in [0.2, 0.25) is 0 Å². The molecule has 0 N–H and O–H groups in total. The molecule has 4 aromatic rings. The van der Waals surface area contributed by atoms with E-state index in [0.717, 1.165) is 35.2 Å². The SMILES string of the molecule is COc1ccc(N2C(=O)c3ccccc3C2c2ccccc2)cc1OC(C)CCc1ccccc1. The molecule has 5 rings (SSSR count). The van der Waals surface area contributed by atoms with Crippen molar-refractivity contribution in [1.82, 2.24) is 0 Å². The molecule has 4 nitrogen and oxygen atoms in total. The van der Waals surface area contributed by atoms with Crippen molar-refractivity contribution in [3.8, 4) is 11.5 Å². The van der Waals surface area contributed by atoms with Crippen LogP contribution >= 0.6 is 0 Å². The van der Waals surface area contributed by atoms with Crippen LogP contribution in [0.3, 0.4) is 0 Å². The summed E-state index contributed by atoms with van der Waals surface area (Å²) in [6, 6.07) is 33.9. The predicted octanol–water partition coefficient (Wildman–Crippen LogP) is 6.85. The van der Waals surface area contributed by atoms with E-state index in [1.54, 1.807) is 7.11 Å². The molecular weight excluding hydrogens is 434 g/mol. The molecule has 4 heteroatoms. The summed E-state index contributed by atoms with van der Waals surface area (Å²) >= 11 is 0. The van der Waals surface area contributed by atoms with Crippen LogP contribution in [0.15, 0.2) is 103 Å². The number of methoxy groups -OCH3 is 1. The molecule has 1 heterocycles. The first-order chi connectivity index (χ1) is 17.2. The number of ether oxygens (including phenoxy) is 2. The highest BCUT2D eigenvalue weighted by Crippen LogP contribution is 2.43. The van der Waals surface area contributed by atoms with E-state index in [4.69, 9.17) is 9.47 Å². The number of amides is 1. The summed E-state index contributed by atoms with van der Waals surface area (Å²) in [7, 11) is 1.64. The minimum atomic E-state index is -0.198. The summed E-state index contributed by atoms with van der Waals surface area (Å²) < 4.78 is 11.9. The Hall–Kier alpha value is -4.05. The number of hydrogen-bond donors (Lipinski definition) is 0. The summed E-state index contributed by atoms with van der Waals surface area (Å²) in [5, 5.41) is 0. The normalized spacial score (nSPS) is 15.5. The standard InChI is InChI=1S/C31H29NO3/c1-22(17-18-23-11-5-3-6-12-23)35-29-21-25(19-20-28(29)34-2)32-30(24-13-7-4-8-14-24)26-15-9-10-16-27(26)31(32)33/h3-16,19-22,30H,17-18H2,1-2H3. The zero-order chi connectivity index (χ0) is 24.2. The van der Waals surface area contributed by atoms with Gasteiger partial charge in [0.15, 0.2) is 11.5 Å². The maximum atomic E-state index is 13.6. The summed E-state index contributed by atoms with van der Waals surface area (Å²) in [5.74, 6) is 1.28. The van der Waals surface area contributed by atoms with E-state index in [9.17, 15) is 4.79 Å². The van der Waals surface area contributed by atoms with E-state index in [-0.39, 0.29) is 18.1 Å². The molecule has 1 amide bonds. The third kappa shape index (κ3) is 4.65. The fraction of sp³-hybridized carbons (Fsp3) is 0.194. The molecule has 0 saturated heterocycles. The summed E-state index contributed by atoms with van der Waals surface area (Å²) in [5.41, 5.74) is 4.88. The molecular formula is C31H29NO3. The lowest BCUT2D eigenvalue weighted by molar-refractivity contribution is 0.0993. The first kappa shape index (κ1) is 22.7. The largest absolute Gasteiger partial charge is 0.493 e. The molecule has 0 spiro atoms. The van der Waals surface area contributed by atoms with E-state index in [0.29, 0.717) is 11.5 Å². The molecule has 176 valence electrons. The Morgan fingerprint density at radius 2 is 1.51 bits per heavy atom. The van der Waals surface area contributed by atoms with Crippen LogP contribution in [0.25, 0.3) is 0 Å². The van der Waals surface area contributed by atoms with Crippen LogP contribution < -0.4 is 14.4 Å². The zero-order valence-electron chi connectivity index (χ0n) is 20.1. The molecule has 0 aromatic heterocycles. The van der Waals surface area contributed by atoms with Gasteiger partial charge in [0.25, 0.3) is 5.91 Å². The summed E-state index contributed by atoms with van der Waals surface area (Å²) in [6.45, 7) is 2.07. The smallest absolute Gasteiger partial charge is 0.259 e. The molecule has 4 aromatic carbocycles. The van der Waals surface area contributed by atoms with Gasteiger partial charge in [0, 0.05) is 17.3 Å². The second-order valence-corrected chi connectivity index (χ2v) is 8.86. The van der Waals surface area contributed by atoms with Crippen LogP contribution in [0.1, 0.15) is 46.4 Å². The van der Waals surface area contributed by atoms with Gasteiger partial charge in [0.2, 0.25) is 0 Å². The third-order valence-corrected chi connectivity index (χ3v) is 6.51. The molecule has 0 saturated carbocycles. The fourth-order valence-electron chi connectivity index (χ4n) is 4.74. The first-order valence-corrected chi connectivity index (χ1v) is 12.0. The quantitative estimate of drug-likeness (QED) is 0.287. The van der Waals surface area contributed by atoms with E-state index in [1.807, 2.05) is 71.6 Å². The number of rotatable bonds is 8. The number of carbonyl (C=O) groups is 1. The lowest BCUT2D eigenvalue weighted by Crippen LogP contribution is -2.28. The minimum absolute atomic E-state index is 0.0114. The Bertz CT molecular complexity index is 1300.